The number of anilines is 1. The summed E-state index contributed by atoms with van der Waals surface area (Å²) in [6.45, 7) is 2.71. The van der Waals surface area contributed by atoms with Crippen molar-refractivity contribution in [1.82, 2.24) is 4.98 Å². The molecule has 2 aromatic carbocycles. The van der Waals surface area contributed by atoms with Crippen molar-refractivity contribution in [2.45, 2.75) is 32.2 Å². The monoisotopic (exact) mass is 389 g/mol. The van der Waals surface area contributed by atoms with Gasteiger partial charge in [-0.1, -0.05) is 49.7 Å². The fourth-order valence-corrected chi connectivity index (χ4v) is 2.99. The molecule has 3 aromatic rings. The van der Waals surface area contributed by atoms with E-state index in [0.717, 1.165) is 29.5 Å². The summed E-state index contributed by atoms with van der Waals surface area (Å²) in [6.07, 6.45) is 5.96. The molecule has 1 atom stereocenters. The van der Waals surface area contributed by atoms with Crippen molar-refractivity contribution in [2.24, 2.45) is 5.73 Å². The highest BCUT2D eigenvalue weighted by Crippen LogP contribution is 2.31. The number of amides is 1. The number of aromatic nitrogens is 1. The van der Waals surface area contributed by atoms with Gasteiger partial charge in [0, 0.05) is 12.4 Å². The van der Waals surface area contributed by atoms with Crippen LogP contribution in [0.25, 0.3) is 11.1 Å². The Morgan fingerprint density at radius 3 is 2.55 bits per heavy atom. The van der Waals surface area contributed by atoms with Crippen LogP contribution >= 0.6 is 0 Å². The zero-order chi connectivity index (χ0) is 20.5. The molecule has 29 heavy (non-hydrogen) atoms. The van der Waals surface area contributed by atoms with E-state index in [4.69, 9.17) is 10.5 Å². The van der Waals surface area contributed by atoms with Gasteiger partial charge in [-0.25, -0.2) is 0 Å². The molecular formula is C24H27N3O2. The standard InChI is InChI=1S/C24H27N3O2/c1-2-3-15-29-23-10-9-20(19-11-13-26-14-12-19)17-22(23)27-24(28)21(25)16-18-7-5-4-6-8-18/h4-14,17,21H,2-3,15-16,25H2,1H3,(H,27,28)/t21-/m0/s1. The van der Waals surface area contributed by atoms with Gasteiger partial charge in [0.1, 0.15) is 5.75 Å². The lowest BCUT2D eigenvalue weighted by atomic mass is 10.0. The normalized spacial score (nSPS) is 11.7. The third-order valence-corrected chi connectivity index (χ3v) is 4.64. The SMILES string of the molecule is CCCCOc1ccc(-c2ccncc2)cc1NC(=O)[C@@H](N)Cc1ccccc1. The number of ether oxygens (including phenoxy) is 1. The molecule has 0 saturated heterocycles. The van der Waals surface area contributed by atoms with Crippen molar-refractivity contribution in [2.75, 3.05) is 11.9 Å². The minimum Gasteiger partial charge on any atom is -0.491 e. The molecule has 3 N–H and O–H groups in total. The highest BCUT2D eigenvalue weighted by atomic mass is 16.5. The second kappa shape index (κ2) is 10.4. The predicted molar refractivity (Wildman–Crippen MR) is 117 cm³/mol. The number of rotatable bonds is 9. The predicted octanol–water partition coefficient (Wildman–Crippen LogP) is 4.44. The molecule has 5 nitrogen and oxygen atoms in total. The molecule has 0 spiro atoms. The number of nitrogens with zero attached hydrogens (tertiary/aromatic N) is 1. The van der Waals surface area contributed by atoms with Gasteiger partial charge < -0.3 is 15.8 Å². The highest BCUT2D eigenvalue weighted by Gasteiger charge is 2.17. The zero-order valence-electron chi connectivity index (χ0n) is 16.7. The van der Waals surface area contributed by atoms with E-state index in [1.54, 1.807) is 12.4 Å². The maximum atomic E-state index is 12.7. The van der Waals surface area contributed by atoms with Gasteiger partial charge in [-0.3, -0.25) is 9.78 Å². The van der Waals surface area contributed by atoms with E-state index in [2.05, 4.69) is 17.2 Å². The van der Waals surface area contributed by atoms with Gasteiger partial charge in [0.25, 0.3) is 0 Å². The van der Waals surface area contributed by atoms with Crippen molar-refractivity contribution in [3.8, 4) is 16.9 Å². The minimum absolute atomic E-state index is 0.235. The second-order valence-corrected chi connectivity index (χ2v) is 6.93. The summed E-state index contributed by atoms with van der Waals surface area (Å²) in [5.41, 5.74) is 9.81. The van der Waals surface area contributed by atoms with E-state index in [-0.39, 0.29) is 5.91 Å². The quantitative estimate of drug-likeness (QED) is 0.531. The maximum Gasteiger partial charge on any atom is 0.241 e. The Bertz CT molecular complexity index is 914. The summed E-state index contributed by atoms with van der Waals surface area (Å²) < 4.78 is 5.90. The molecule has 0 aliphatic heterocycles. The van der Waals surface area contributed by atoms with E-state index in [1.165, 1.54) is 0 Å². The summed E-state index contributed by atoms with van der Waals surface area (Å²) in [4.78, 5) is 16.8. The summed E-state index contributed by atoms with van der Waals surface area (Å²) >= 11 is 0. The first-order chi connectivity index (χ1) is 14.2. The van der Waals surface area contributed by atoms with E-state index in [1.807, 2.05) is 60.7 Å². The van der Waals surface area contributed by atoms with Crippen LogP contribution < -0.4 is 15.8 Å². The van der Waals surface area contributed by atoms with Crippen molar-refractivity contribution in [3.63, 3.8) is 0 Å². The number of nitrogens with one attached hydrogen (secondary N) is 1. The number of carbonyl (C=O) groups excluding carboxylic acids is 1. The van der Waals surface area contributed by atoms with Gasteiger partial charge in [-0.2, -0.15) is 0 Å². The lowest BCUT2D eigenvalue weighted by Gasteiger charge is -2.17. The third kappa shape index (κ3) is 5.90. The van der Waals surface area contributed by atoms with Gasteiger partial charge in [0.05, 0.1) is 18.3 Å². The number of hydrogen-bond donors (Lipinski definition) is 2. The Balaban J connectivity index is 1.79. The summed E-state index contributed by atoms with van der Waals surface area (Å²) in [5, 5.41) is 2.96. The minimum atomic E-state index is -0.648. The van der Waals surface area contributed by atoms with Crippen molar-refractivity contribution in [1.29, 1.82) is 0 Å². The van der Waals surface area contributed by atoms with Gasteiger partial charge >= 0.3 is 0 Å². The van der Waals surface area contributed by atoms with Gasteiger partial charge in [0.2, 0.25) is 5.91 Å². The molecule has 1 aromatic heterocycles. The molecule has 3 rings (SSSR count). The van der Waals surface area contributed by atoms with Crippen molar-refractivity contribution < 1.29 is 9.53 Å². The topological polar surface area (TPSA) is 77.2 Å². The fourth-order valence-electron chi connectivity index (χ4n) is 2.99. The van der Waals surface area contributed by atoms with Gasteiger partial charge in [-0.15, -0.1) is 0 Å². The Hall–Kier alpha value is -3.18. The smallest absolute Gasteiger partial charge is 0.241 e. The van der Waals surface area contributed by atoms with Crippen LogP contribution in [0.3, 0.4) is 0 Å². The lowest BCUT2D eigenvalue weighted by molar-refractivity contribution is -0.117. The molecule has 0 saturated carbocycles. The summed E-state index contributed by atoms with van der Waals surface area (Å²) in [6, 6.07) is 18.8. The van der Waals surface area contributed by atoms with Crippen LogP contribution in [-0.2, 0) is 11.2 Å². The zero-order valence-corrected chi connectivity index (χ0v) is 16.7. The van der Waals surface area contributed by atoms with Crippen LogP contribution in [0.4, 0.5) is 5.69 Å². The number of hydrogen-bond acceptors (Lipinski definition) is 4. The molecule has 0 fully saturated rings. The van der Waals surface area contributed by atoms with Gasteiger partial charge in [0.15, 0.2) is 0 Å². The van der Waals surface area contributed by atoms with E-state index >= 15 is 0 Å². The first-order valence-electron chi connectivity index (χ1n) is 9.95. The number of pyridine rings is 1. The summed E-state index contributed by atoms with van der Waals surface area (Å²) in [5.74, 6) is 0.414. The molecule has 0 unspecified atom stereocenters. The largest absolute Gasteiger partial charge is 0.491 e. The highest BCUT2D eigenvalue weighted by molar-refractivity contribution is 5.96. The number of unbranched alkanes of at least 4 members (excludes halogenated alkanes) is 1. The van der Waals surface area contributed by atoms with E-state index in [9.17, 15) is 4.79 Å². The average Bonchev–Trinajstić information content (AvgIpc) is 2.76. The molecular weight excluding hydrogens is 362 g/mol. The Morgan fingerprint density at radius 1 is 1.07 bits per heavy atom. The number of carbonyl (C=O) groups is 1. The second-order valence-electron chi connectivity index (χ2n) is 6.93. The van der Waals surface area contributed by atoms with Crippen molar-refractivity contribution in [3.05, 3.63) is 78.6 Å². The average molecular weight is 389 g/mol. The van der Waals surface area contributed by atoms with Crippen LogP contribution in [0.5, 0.6) is 5.75 Å². The molecule has 1 amide bonds. The van der Waals surface area contributed by atoms with Crippen LogP contribution in [0.2, 0.25) is 0 Å². The van der Waals surface area contributed by atoms with Crippen LogP contribution in [0.1, 0.15) is 25.3 Å². The number of nitrogens with two attached hydrogens (primary N) is 1. The Kier molecular flexibility index (Phi) is 7.36. The molecule has 0 aliphatic rings. The number of benzene rings is 2. The molecule has 0 aliphatic carbocycles. The fraction of sp³-hybridized carbons (Fsp3) is 0.250. The summed E-state index contributed by atoms with van der Waals surface area (Å²) in [7, 11) is 0. The van der Waals surface area contributed by atoms with Crippen LogP contribution in [0, 0.1) is 0 Å². The first-order valence-corrected chi connectivity index (χ1v) is 9.95. The lowest BCUT2D eigenvalue weighted by Crippen LogP contribution is -2.37. The van der Waals surface area contributed by atoms with Crippen molar-refractivity contribution >= 4 is 11.6 Å². The van der Waals surface area contributed by atoms with E-state index in [0.29, 0.717) is 24.5 Å². The Morgan fingerprint density at radius 2 is 1.83 bits per heavy atom. The van der Waals surface area contributed by atoms with Crippen LogP contribution in [0.15, 0.2) is 73.1 Å². The Labute approximate surface area is 171 Å². The molecule has 1 heterocycles. The van der Waals surface area contributed by atoms with Gasteiger partial charge in [-0.05, 0) is 53.8 Å². The molecule has 0 radical (unpaired) electrons. The molecule has 150 valence electrons. The third-order valence-electron chi connectivity index (χ3n) is 4.64. The first kappa shape index (κ1) is 20.6. The molecule has 0 bridgehead atoms. The maximum absolute atomic E-state index is 12.7. The van der Waals surface area contributed by atoms with Crippen LogP contribution in [-0.4, -0.2) is 23.5 Å². The molecule has 5 heteroatoms. The van der Waals surface area contributed by atoms with E-state index < -0.39 is 6.04 Å².